The second kappa shape index (κ2) is 3.50. The van der Waals surface area contributed by atoms with Crippen molar-refractivity contribution in [3.05, 3.63) is 18.0 Å². The van der Waals surface area contributed by atoms with Gasteiger partial charge < -0.3 is 4.84 Å². The first-order valence-electron chi connectivity index (χ1n) is 2.94. The number of carbonyl (C=O) groups excluding carboxylic acids is 1. The third-order valence-corrected chi connectivity index (χ3v) is 1.08. The molecular weight excluding hydrogens is 146 g/mol. The second-order valence-corrected chi connectivity index (χ2v) is 1.75. The van der Waals surface area contributed by atoms with Gasteiger partial charge in [0.15, 0.2) is 12.0 Å². The van der Waals surface area contributed by atoms with Crippen molar-refractivity contribution in [1.29, 1.82) is 0 Å². The molecule has 11 heavy (non-hydrogen) atoms. The normalized spacial score (nSPS) is 11.2. The van der Waals surface area contributed by atoms with Gasteiger partial charge in [-0.1, -0.05) is 5.16 Å². The van der Waals surface area contributed by atoms with E-state index >= 15 is 0 Å². The van der Waals surface area contributed by atoms with Crippen LogP contribution in [-0.4, -0.2) is 29.3 Å². The standard InChI is InChI=1S/C6H7N3O2/c1-11-9-6(4-10)5-2-3-7-8-5/h2-4H,1H3,(H,7,8)/b9-6+. The lowest BCUT2D eigenvalue weighted by Crippen LogP contribution is -2.03. The summed E-state index contributed by atoms with van der Waals surface area (Å²) in [4.78, 5) is 14.8. The lowest BCUT2D eigenvalue weighted by Gasteiger charge is -1.91. The van der Waals surface area contributed by atoms with Crippen LogP contribution in [0.4, 0.5) is 0 Å². The van der Waals surface area contributed by atoms with Crippen molar-refractivity contribution in [3.8, 4) is 0 Å². The zero-order chi connectivity index (χ0) is 8.10. The second-order valence-electron chi connectivity index (χ2n) is 1.75. The average Bonchev–Trinajstić information content (AvgIpc) is 2.52. The molecular formula is C6H7N3O2. The Morgan fingerprint density at radius 1 is 1.91 bits per heavy atom. The highest BCUT2D eigenvalue weighted by molar-refractivity contribution is 6.35. The molecule has 0 bridgehead atoms. The Morgan fingerprint density at radius 2 is 2.73 bits per heavy atom. The molecule has 0 aromatic carbocycles. The summed E-state index contributed by atoms with van der Waals surface area (Å²) in [5, 5.41) is 9.70. The van der Waals surface area contributed by atoms with Crippen LogP contribution in [0.25, 0.3) is 0 Å². The lowest BCUT2D eigenvalue weighted by molar-refractivity contribution is -0.102. The number of H-pyrrole nitrogens is 1. The Kier molecular flexibility index (Phi) is 2.37. The number of oxime groups is 1. The van der Waals surface area contributed by atoms with Crippen LogP contribution in [0, 0.1) is 0 Å². The van der Waals surface area contributed by atoms with Crippen LogP contribution in [-0.2, 0) is 9.63 Å². The van der Waals surface area contributed by atoms with Crippen molar-refractivity contribution in [2.45, 2.75) is 0 Å². The molecule has 1 aromatic rings. The first kappa shape index (κ1) is 7.46. The maximum Gasteiger partial charge on any atom is 0.174 e. The van der Waals surface area contributed by atoms with Gasteiger partial charge in [-0.25, -0.2) is 0 Å². The number of hydrogen-bond acceptors (Lipinski definition) is 4. The molecule has 1 heterocycles. The predicted molar refractivity (Wildman–Crippen MR) is 38.2 cm³/mol. The van der Waals surface area contributed by atoms with Gasteiger partial charge in [-0.05, 0) is 6.07 Å². The number of aromatic nitrogens is 2. The summed E-state index contributed by atoms with van der Waals surface area (Å²) in [5.74, 6) is 0. The van der Waals surface area contributed by atoms with Crippen LogP contribution < -0.4 is 0 Å². The number of nitrogens with zero attached hydrogens (tertiary/aromatic N) is 2. The smallest absolute Gasteiger partial charge is 0.174 e. The molecule has 0 aliphatic carbocycles. The van der Waals surface area contributed by atoms with Crippen molar-refractivity contribution >= 4 is 12.0 Å². The summed E-state index contributed by atoms with van der Waals surface area (Å²) in [6.45, 7) is 0. The van der Waals surface area contributed by atoms with E-state index in [1.54, 1.807) is 6.07 Å². The van der Waals surface area contributed by atoms with E-state index < -0.39 is 0 Å². The van der Waals surface area contributed by atoms with Gasteiger partial charge in [0.25, 0.3) is 0 Å². The number of aromatic amines is 1. The van der Waals surface area contributed by atoms with Crippen molar-refractivity contribution in [2.75, 3.05) is 7.11 Å². The molecule has 5 nitrogen and oxygen atoms in total. The Hall–Kier alpha value is -1.65. The topological polar surface area (TPSA) is 67.3 Å². The van der Waals surface area contributed by atoms with E-state index in [4.69, 9.17) is 0 Å². The summed E-state index contributed by atoms with van der Waals surface area (Å²) in [5.41, 5.74) is 0.742. The van der Waals surface area contributed by atoms with E-state index in [-0.39, 0.29) is 5.71 Å². The molecule has 0 aliphatic rings. The Morgan fingerprint density at radius 3 is 3.18 bits per heavy atom. The van der Waals surface area contributed by atoms with Crippen molar-refractivity contribution < 1.29 is 9.63 Å². The quantitative estimate of drug-likeness (QED) is 0.376. The summed E-state index contributed by atoms with van der Waals surface area (Å²) < 4.78 is 0. The van der Waals surface area contributed by atoms with Crippen LogP contribution in [0.3, 0.4) is 0 Å². The van der Waals surface area contributed by atoms with Gasteiger partial charge in [0, 0.05) is 6.20 Å². The van der Waals surface area contributed by atoms with Gasteiger partial charge in [0.2, 0.25) is 0 Å². The predicted octanol–water partition coefficient (Wildman–Crippen LogP) is -0.0409. The van der Waals surface area contributed by atoms with Gasteiger partial charge in [0.1, 0.15) is 7.11 Å². The van der Waals surface area contributed by atoms with Crippen LogP contribution in [0.1, 0.15) is 5.69 Å². The molecule has 0 atom stereocenters. The first-order valence-corrected chi connectivity index (χ1v) is 2.94. The fourth-order valence-electron chi connectivity index (χ4n) is 0.631. The molecule has 0 spiro atoms. The Bertz CT molecular complexity index is 253. The minimum atomic E-state index is 0.199. The minimum Gasteiger partial charge on any atom is -0.398 e. The van der Waals surface area contributed by atoms with Crippen molar-refractivity contribution in [2.24, 2.45) is 5.16 Å². The SMILES string of the molecule is CO/N=C(\C=O)c1ccn[nH]1. The minimum absolute atomic E-state index is 0.199. The fourth-order valence-corrected chi connectivity index (χ4v) is 0.631. The molecule has 0 saturated carbocycles. The highest BCUT2D eigenvalue weighted by Crippen LogP contribution is 1.92. The van der Waals surface area contributed by atoms with E-state index in [9.17, 15) is 4.79 Å². The zero-order valence-corrected chi connectivity index (χ0v) is 5.94. The molecule has 0 amide bonds. The number of carbonyl (C=O) groups is 1. The maximum atomic E-state index is 10.3. The van der Waals surface area contributed by atoms with E-state index in [1.165, 1.54) is 13.3 Å². The fraction of sp³-hybridized carbons (Fsp3) is 0.167. The zero-order valence-electron chi connectivity index (χ0n) is 5.94. The molecule has 0 saturated heterocycles. The highest BCUT2D eigenvalue weighted by Gasteiger charge is 2.02. The van der Waals surface area contributed by atoms with E-state index in [0.717, 1.165) is 0 Å². The molecule has 58 valence electrons. The Balaban J connectivity index is 2.88. The average molecular weight is 153 g/mol. The van der Waals surface area contributed by atoms with Crippen LogP contribution >= 0.6 is 0 Å². The molecule has 0 unspecified atom stereocenters. The van der Waals surface area contributed by atoms with Gasteiger partial charge >= 0.3 is 0 Å². The summed E-state index contributed by atoms with van der Waals surface area (Å²) in [6, 6.07) is 1.63. The highest BCUT2D eigenvalue weighted by atomic mass is 16.6. The maximum absolute atomic E-state index is 10.3. The van der Waals surface area contributed by atoms with Gasteiger partial charge in [-0.15, -0.1) is 0 Å². The van der Waals surface area contributed by atoms with Gasteiger partial charge in [0.05, 0.1) is 5.69 Å². The lowest BCUT2D eigenvalue weighted by atomic mass is 10.3. The number of hydrogen-bond donors (Lipinski definition) is 1. The summed E-state index contributed by atoms with van der Waals surface area (Å²) in [7, 11) is 1.37. The van der Waals surface area contributed by atoms with Gasteiger partial charge in [-0.3, -0.25) is 9.89 Å². The van der Waals surface area contributed by atoms with Crippen molar-refractivity contribution in [1.82, 2.24) is 10.2 Å². The van der Waals surface area contributed by atoms with E-state index in [1.807, 2.05) is 0 Å². The molecule has 0 aliphatic heterocycles. The molecule has 0 radical (unpaired) electrons. The van der Waals surface area contributed by atoms with E-state index in [2.05, 4.69) is 20.2 Å². The van der Waals surface area contributed by atoms with Crippen LogP contribution in [0.5, 0.6) is 0 Å². The molecule has 1 aromatic heterocycles. The number of nitrogens with one attached hydrogen (secondary N) is 1. The summed E-state index contributed by atoms with van der Waals surface area (Å²) in [6.07, 6.45) is 2.13. The first-order chi connectivity index (χ1) is 5.38. The Labute approximate surface area is 63.0 Å². The molecule has 1 N–H and O–H groups in total. The van der Waals surface area contributed by atoms with Crippen LogP contribution in [0.2, 0.25) is 0 Å². The molecule has 1 rings (SSSR count). The van der Waals surface area contributed by atoms with E-state index in [0.29, 0.717) is 12.0 Å². The number of aldehydes is 1. The van der Waals surface area contributed by atoms with Crippen molar-refractivity contribution in [3.63, 3.8) is 0 Å². The largest absolute Gasteiger partial charge is 0.398 e. The van der Waals surface area contributed by atoms with Crippen LogP contribution in [0.15, 0.2) is 17.4 Å². The van der Waals surface area contributed by atoms with Gasteiger partial charge in [-0.2, -0.15) is 5.10 Å². The third kappa shape index (κ3) is 1.64. The summed E-state index contributed by atoms with van der Waals surface area (Å²) >= 11 is 0. The molecule has 5 heteroatoms. The number of rotatable bonds is 3. The molecule has 0 fully saturated rings. The monoisotopic (exact) mass is 153 g/mol. The third-order valence-electron chi connectivity index (χ3n) is 1.08.